The highest BCUT2D eigenvalue weighted by Gasteiger charge is 2.12. The van der Waals surface area contributed by atoms with Crippen molar-refractivity contribution >= 4 is 0 Å². The minimum Gasteiger partial charge on any atom is -0.378 e. The van der Waals surface area contributed by atoms with Gasteiger partial charge in [0.2, 0.25) is 0 Å². The van der Waals surface area contributed by atoms with Crippen molar-refractivity contribution in [2.24, 2.45) is 0 Å². The molecule has 191 valence electrons. The molecular weight excluding hydrogens is 404 g/mol. The van der Waals surface area contributed by atoms with Gasteiger partial charge in [-0.1, -0.05) is 84.4 Å². The fraction of sp³-hybridized carbons (Fsp3) is 0.774. The molecule has 1 rings (SSSR count). The highest BCUT2D eigenvalue weighted by atomic mass is 16.5. The molecule has 0 spiro atoms. The van der Waals surface area contributed by atoms with Gasteiger partial charge < -0.3 is 9.47 Å². The van der Waals surface area contributed by atoms with Crippen LogP contribution in [0.1, 0.15) is 134 Å². The molecule has 0 saturated heterocycles. The smallest absolute Gasteiger partial charge is 0.0575 e. The van der Waals surface area contributed by atoms with Gasteiger partial charge in [-0.2, -0.15) is 0 Å². The van der Waals surface area contributed by atoms with E-state index in [-0.39, 0.29) is 0 Å². The van der Waals surface area contributed by atoms with E-state index in [1.807, 2.05) is 0 Å². The molecule has 2 unspecified atom stereocenters. The predicted octanol–water partition coefficient (Wildman–Crippen LogP) is 9.27. The molecule has 0 aliphatic carbocycles. The van der Waals surface area contributed by atoms with E-state index in [1.165, 1.54) is 107 Å². The minimum atomic E-state index is 0.431. The van der Waals surface area contributed by atoms with Crippen LogP contribution in [0.15, 0.2) is 18.2 Å². The van der Waals surface area contributed by atoms with Crippen LogP contribution in [0.4, 0.5) is 0 Å². The summed E-state index contributed by atoms with van der Waals surface area (Å²) >= 11 is 0. The van der Waals surface area contributed by atoms with Crippen molar-refractivity contribution in [1.29, 1.82) is 0 Å². The van der Waals surface area contributed by atoms with Gasteiger partial charge in [0, 0.05) is 13.2 Å². The van der Waals surface area contributed by atoms with Crippen molar-refractivity contribution in [3.8, 4) is 0 Å². The first-order valence-corrected chi connectivity index (χ1v) is 14.3. The molecule has 1 aromatic carbocycles. The Morgan fingerprint density at radius 3 is 1.39 bits per heavy atom. The number of ether oxygens (including phenoxy) is 2. The standard InChI is InChI=1S/C31H55O2/c1-6-10-21-30(32-25-12-8-3)23-15-19-28-17-14-18-29(27(28)5)20-16-24-31(22-11-7-2)33-26-13-9-4/h14,17-18,30-31H,5-13,15-16,19-26H2,1-4H3. The van der Waals surface area contributed by atoms with Gasteiger partial charge in [0.1, 0.15) is 0 Å². The van der Waals surface area contributed by atoms with E-state index in [2.05, 4.69) is 52.8 Å². The molecule has 0 amide bonds. The lowest BCUT2D eigenvalue weighted by molar-refractivity contribution is 0.0372. The van der Waals surface area contributed by atoms with Crippen LogP contribution >= 0.6 is 0 Å². The minimum absolute atomic E-state index is 0.431. The van der Waals surface area contributed by atoms with Gasteiger partial charge in [-0.05, 0) is 87.8 Å². The van der Waals surface area contributed by atoms with Crippen molar-refractivity contribution in [2.75, 3.05) is 13.2 Å². The molecule has 1 aromatic rings. The van der Waals surface area contributed by atoms with Crippen molar-refractivity contribution in [3.63, 3.8) is 0 Å². The summed E-state index contributed by atoms with van der Waals surface area (Å²) in [6, 6.07) is 6.80. The number of hydrogen-bond donors (Lipinski definition) is 0. The molecule has 2 atom stereocenters. The quantitative estimate of drug-likeness (QED) is 0.161. The zero-order valence-electron chi connectivity index (χ0n) is 22.6. The zero-order chi connectivity index (χ0) is 24.2. The van der Waals surface area contributed by atoms with Crippen LogP contribution in [0.5, 0.6) is 0 Å². The molecule has 0 fully saturated rings. The molecular formula is C31H55O2. The molecule has 0 aliphatic rings. The zero-order valence-corrected chi connectivity index (χ0v) is 22.6. The van der Waals surface area contributed by atoms with E-state index < -0.39 is 0 Å². The van der Waals surface area contributed by atoms with E-state index in [9.17, 15) is 0 Å². The summed E-state index contributed by atoms with van der Waals surface area (Å²) in [6.07, 6.45) is 20.0. The molecule has 0 aliphatic heterocycles. The summed E-state index contributed by atoms with van der Waals surface area (Å²) in [5.41, 5.74) is 4.13. The van der Waals surface area contributed by atoms with Gasteiger partial charge in [0.05, 0.1) is 12.2 Å². The maximum Gasteiger partial charge on any atom is 0.0575 e. The highest BCUT2D eigenvalue weighted by Crippen LogP contribution is 2.21. The van der Waals surface area contributed by atoms with Gasteiger partial charge in [-0.25, -0.2) is 0 Å². The summed E-state index contributed by atoms with van der Waals surface area (Å²) < 4.78 is 12.4. The van der Waals surface area contributed by atoms with E-state index in [4.69, 9.17) is 9.47 Å². The molecule has 0 heterocycles. The SMILES string of the molecule is [CH2]c1c(CCCC(CCCC)OCCCC)cccc1CCCC(CCCC)OCCCC. The topological polar surface area (TPSA) is 18.5 Å². The Morgan fingerprint density at radius 2 is 1.00 bits per heavy atom. The lowest BCUT2D eigenvalue weighted by Crippen LogP contribution is -2.15. The molecule has 0 aromatic heterocycles. The molecule has 0 saturated carbocycles. The lowest BCUT2D eigenvalue weighted by atomic mass is 9.93. The summed E-state index contributed by atoms with van der Waals surface area (Å²) in [7, 11) is 0. The first-order valence-electron chi connectivity index (χ1n) is 14.3. The second-order valence-corrected chi connectivity index (χ2v) is 9.82. The van der Waals surface area contributed by atoms with Crippen LogP contribution < -0.4 is 0 Å². The maximum absolute atomic E-state index is 6.19. The molecule has 0 N–H and O–H groups in total. The van der Waals surface area contributed by atoms with Crippen LogP contribution in [0.3, 0.4) is 0 Å². The normalized spacial score (nSPS) is 13.4. The van der Waals surface area contributed by atoms with Crippen LogP contribution in [0, 0.1) is 6.92 Å². The van der Waals surface area contributed by atoms with Gasteiger partial charge in [-0.3, -0.25) is 0 Å². The molecule has 0 bridgehead atoms. The van der Waals surface area contributed by atoms with E-state index in [0.717, 1.165) is 26.1 Å². The van der Waals surface area contributed by atoms with E-state index >= 15 is 0 Å². The summed E-state index contributed by atoms with van der Waals surface area (Å²) in [4.78, 5) is 0. The lowest BCUT2D eigenvalue weighted by Gasteiger charge is -2.19. The third kappa shape index (κ3) is 14.2. The molecule has 2 nitrogen and oxygen atoms in total. The average molecular weight is 460 g/mol. The van der Waals surface area contributed by atoms with Crippen LogP contribution in [0.2, 0.25) is 0 Å². The summed E-state index contributed by atoms with van der Waals surface area (Å²) in [6.45, 7) is 15.3. The number of aryl methyl sites for hydroxylation is 2. The van der Waals surface area contributed by atoms with Gasteiger partial charge >= 0.3 is 0 Å². The van der Waals surface area contributed by atoms with Crippen molar-refractivity contribution in [1.82, 2.24) is 0 Å². The molecule has 1 radical (unpaired) electrons. The van der Waals surface area contributed by atoms with Gasteiger partial charge in [0.15, 0.2) is 0 Å². The van der Waals surface area contributed by atoms with Crippen LogP contribution in [-0.2, 0) is 22.3 Å². The van der Waals surface area contributed by atoms with Gasteiger partial charge in [-0.15, -0.1) is 0 Å². The number of hydrogen-bond acceptors (Lipinski definition) is 2. The first-order chi connectivity index (χ1) is 16.2. The third-order valence-corrected chi connectivity index (χ3v) is 6.78. The summed E-state index contributed by atoms with van der Waals surface area (Å²) in [5.74, 6) is 0. The Kier molecular flexibility index (Phi) is 18.7. The van der Waals surface area contributed by atoms with Crippen LogP contribution in [-0.4, -0.2) is 25.4 Å². The first kappa shape index (κ1) is 30.2. The largest absolute Gasteiger partial charge is 0.378 e. The molecule has 2 heteroatoms. The maximum atomic E-state index is 6.19. The second kappa shape index (κ2) is 20.5. The van der Waals surface area contributed by atoms with Crippen molar-refractivity contribution in [3.05, 3.63) is 41.8 Å². The monoisotopic (exact) mass is 459 g/mol. The Balaban J connectivity index is 2.51. The van der Waals surface area contributed by atoms with E-state index in [1.54, 1.807) is 0 Å². The molecule has 33 heavy (non-hydrogen) atoms. The second-order valence-electron chi connectivity index (χ2n) is 9.82. The van der Waals surface area contributed by atoms with Crippen molar-refractivity contribution in [2.45, 2.75) is 143 Å². The van der Waals surface area contributed by atoms with E-state index in [0.29, 0.717) is 12.2 Å². The predicted molar refractivity (Wildman–Crippen MR) is 145 cm³/mol. The number of unbranched alkanes of at least 4 members (excludes halogenated alkanes) is 4. The van der Waals surface area contributed by atoms with Gasteiger partial charge in [0.25, 0.3) is 0 Å². The number of rotatable bonds is 22. The third-order valence-electron chi connectivity index (χ3n) is 6.78. The fourth-order valence-electron chi connectivity index (χ4n) is 4.47. The Morgan fingerprint density at radius 1 is 0.606 bits per heavy atom. The Bertz CT molecular complexity index is 522. The summed E-state index contributed by atoms with van der Waals surface area (Å²) in [5, 5.41) is 0. The highest BCUT2D eigenvalue weighted by molar-refractivity contribution is 5.37. The van der Waals surface area contributed by atoms with Crippen LogP contribution in [0.25, 0.3) is 0 Å². The Labute approximate surface area is 207 Å². The average Bonchev–Trinajstić information content (AvgIpc) is 2.82. The number of benzene rings is 1. The Hall–Kier alpha value is -0.860. The van der Waals surface area contributed by atoms with Crippen molar-refractivity contribution < 1.29 is 9.47 Å². The fourth-order valence-corrected chi connectivity index (χ4v) is 4.47.